The van der Waals surface area contributed by atoms with Crippen LogP contribution in [0.3, 0.4) is 0 Å². The summed E-state index contributed by atoms with van der Waals surface area (Å²) in [6, 6.07) is 19.5. The zero-order valence-corrected chi connectivity index (χ0v) is 17.4. The Morgan fingerprint density at radius 3 is 2.10 bits per heavy atom. The minimum atomic E-state index is -0.197. The minimum absolute atomic E-state index is 0.0576. The van der Waals surface area contributed by atoms with Crippen LogP contribution in [0.25, 0.3) is 0 Å². The third-order valence-electron chi connectivity index (χ3n) is 5.84. The molecule has 2 atom stereocenters. The van der Waals surface area contributed by atoms with E-state index in [0.29, 0.717) is 38.6 Å². The van der Waals surface area contributed by atoms with E-state index in [4.69, 9.17) is 0 Å². The summed E-state index contributed by atoms with van der Waals surface area (Å²) >= 11 is 0. The van der Waals surface area contributed by atoms with Crippen molar-refractivity contribution in [3.05, 3.63) is 71.8 Å². The first kappa shape index (κ1) is 21.1. The van der Waals surface area contributed by atoms with E-state index in [9.17, 15) is 9.59 Å². The number of rotatable bonds is 7. The van der Waals surface area contributed by atoms with Crippen molar-refractivity contribution in [2.75, 3.05) is 32.7 Å². The van der Waals surface area contributed by atoms with E-state index in [-0.39, 0.29) is 17.9 Å². The van der Waals surface area contributed by atoms with Gasteiger partial charge in [-0.2, -0.15) is 0 Å². The fraction of sp³-hybridized carbons (Fsp3) is 0.417. The van der Waals surface area contributed by atoms with E-state index in [0.717, 1.165) is 12.0 Å². The Morgan fingerprint density at radius 1 is 0.931 bits per heavy atom. The Labute approximate surface area is 173 Å². The molecule has 1 aliphatic rings. The molecule has 154 valence electrons. The van der Waals surface area contributed by atoms with E-state index in [1.165, 1.54) is 5.56 Å². The van der Waals surface area contributed by atoms with E-state index < -0.39 is 0 Å². The molecule has 2 amide bonds. The van der Waals surface area contributed by atoms with Crippen LogP contribution in [-0.4, -0.2) is 60.4 Å². The van der Waals surface area contributed by atoms with Crippen molar-refractivity contribution in [1.29, 1.82) is 0 Å². The molecular formula is C24H31N3O2. The SMILES string of the molecule is CC[C@@H](CNC(=O)[C@@H](C)N1CCN(C(=O)c2ccccc2)CC1)c1ccccc1. The zero-order chi connectivity index (χ0) is 20.6. The van der Waals surface area contributed by atoms with Gasteiger partial charge in [-0.3, -0.25) is 14.5 Å². The molecule has 3 rings (SSSR count). The predicted octanol–water partition coefficient (Wildman–Crippen LogP) is 3.14. The van der Waals surface area contributed by atoms with Gasteiger partial charge >= 0.3 is 0 Å². The van der Waals surface area contributed by atoms with Crippen LogP contribution in [0.5, 0.6) is 0 Å². The van der Waals surface area contributed by atoms with E-state index in [1.807, 2.05) is 60.4 Å². The zero-order valence-electron chi connectivity index (χ0n) is 17.4. The van der Waals surface area contributed by atoms with Gasteiger partial charge in [-0.05, 0) is 31.0 Å². The monoisotopic (exact) mass is 393 g/mol. The van der Waals surface area contributed by atoms with Crippen molar-refractivity contribution in [2.45, 2.75) is 32.2 Å². The number of hydrogen-bond acceptors (Lipinski definition) is 3. The number of nitrogens with one attached hydrogen (secondary N) is 1. The number of amides is 2. The lowest BCUT2D eigenvalue weighted by Crippen LogP contribution is -2.55. The lowest BCUT2D eigenvalue weighted by molar-refractivity contribution is -0.126. The fourth-order valence-electron chi connectivity index (χ4n) is 3.84. The highest BCUT2D eigenvalue weighted by Gasteiger charge is 2.28. The lowest BCUT2D eigenvalue weighted by atomic mass is 9.96. The summed E-state index contributed by atoms with van der Waals surface area (Å²) in [5.41, 5.74) is 1.98. The van der Waals surface area contributed by atoms with Crippen molar-refractivity contribution in [2.24, 2.45) is 0 Å². The average Bonchev–Trinajstić information content (AvgIpc) is 2.79. The first-order valence-corrected chi connectivity index (χ1v) is 10.5. The molecule has 0 saturated carbocycles. The number of piperazine rings is 1. The molecule has 0 bridgehead atoms. The summed E-state index contributed by atoms with van der Waals surface area (Å²) in [5.74, 6) is 0.450. The molecule has 1 fully saturated rings. The standard InChI is InChI=1S/C24H31N3O2/c1-3-20(21-10-6-4-7-11-21)18-25-23(28)19(2)26-14-16-27(17-15-26)24(29)22-12-8-5-9-13-22/h4-13,19-20H,3,14-18H2,1-2H3,(H,25,28)/t19-,20+/m1/s1. The molecule has 1 heterocycles. The van der Waals surface area contributed by atoms with Gasteiger partial charge in [-0.1, -0.05) is 55.5 Å². The molecule has 1 aliphatic heterocycles. The maximum atomic E-state index is 12.7. The van der Waals surface area contributed by atoms with Gasteiger partial charge in [-0.25, -0.2) is 0 Å². The highest BCUT2D eigenvalue weighted by Crippen LogP contribution is 2.18. The molecule has 0 radical (unpaired) electrons. The molecule has 5 nitrogen and oxygen atoms in total. The Balaban J connectivity index is 1.48. The second-order valence-corrected chi connectivity index (χ2v) is 7.63. The van der Waals surface area contributed by atoms with Gasteiger partial charge < -0.3 is 10.2 Å². The second-order valence-electron chi connectivity index (χ2n) is 7.63. The molecule has 1 saturated heterocycles. The Morgan fingerprint density at radius 2 is 1.52 bits per heavy atom. The fourth-order valence-corrected chi connectivity index (χ4v) is 3.84. The first-order chi connectivity index (χ1) is 14.1. The van der Waals surface area contributed by atoms with Gasteiger partial charge in [0.05, 0.1) is 6.04 Å². The molecule has 5 heteroatoms. The number of carbonyl (C=O) groups excluding carboxylic acids is 2. The Hall–Kier alpha value is -2.66. The quantitative estimate of drug-likeness (QED) is 0.786. The summed E-state index contributed by atoms with van der Waals surface area (Å²) in [6.45, 7) is 7.46. The summed E-state index contributed by atoms with van der Waals surface area (Å²) in [7, 11) is 0. The molecule has 0 spiro atoms. The van der Waals surface area contributed by atoms with Crippen LogP contribution < -0.4 is 5.32 Å². The van der Waals surface area contributed by atoms with Crippen LogP contribution in [0.2, 0.25) is 0 Å². The smallest absolute Gasteiger partial charge is 0.253 e. The number of carbonyl (C=O) groups is 2. The summed E-state index contributed by atoms with van der Waals surface area (Å²) in [5, 5.41) is 3.13. The summed E-state index contributed by atoms with van der Waals surface area (Å²) in [4.78, 5) is 29.3. The second kappa shape index (κ2) is 10.2. The third kappa shape index (κ3) is 5.45. The molecule has 29 heavy (non-hydrogen) atoms. The van der Waals surface area contributed by atoms with Crippen LogP contribution in [0, 0.1) is 0 Å². The van der Waals surface area contributed by atoms with Crippen LogP contribution in [0.4, 0.5) is 0 Å². The Kier molecular flexibility index (Phi) is 7.42. The van der Waals surface area contributed by atoms with Crippen molar-refractivity contribution in [1.82, 2.24) is 15.1 Å². The van der Waals surface area contributed by atoms with Crippen LogP contribution in [0.1, 0.15) is 42.1 Å². The predicted molar refractivity (Wildman–Crippen MR) is 116 cm³/mol. The summed E-state index contributed by atoms with van der Waals surface area (Å²) < 4.78 is 0. The van der Waals surface area contributed by atoms with Crippen LogP contribution in [-0.2, 0) is 4.79 Å². The molecular weight excluding hydrogens is 362 g/mol. The molecule has 2 aromatic rings. The van der Waals surface area contributed by atoms with Crippen molar-refractivity contribution in [3.8, 4) is 0 Å². The minimum Gasteiger partial charge on any atom is -0.354 e. The van der Waals surface area contributed by atoms with E-state index in [1.54, 1.807) is 0 Å². The van der Waals surface area contributed by atoms with Gasteiger partial charge in [0.1, 0.15) is 0 Å². The molecule has 2 aromatic carbocycles. The van der Waals surface area contributed by atoms with Crippen molar-refractivity contribution < 1.29 is 9.59 Å². The first-order valence-electron chi connectivity index (χ1n) is 10.5. The van der Waals surface area contributed by atoms with Gasteiger partial charge in [0.25, 0.3) is 5.91 Å². The average molecular weight is 394 g/mol. The largest absolute Gasteiger partial charge is 0.354 e. The third-order valence-corrected chi connectivity index (χ3v) is 5.84. The van der Waals surface area contributed by atoms with Gasteiger partial charge in [0, 0.05) is 44.2 Å². The number of hydrogen-bond donors (Lipinski definition) is 1. The Bertz CT molecular complexity index is 786. The summed E-state index contributed by atoms with van der Waals surface area (Å²) in [6.07, 6.45) is 0.985. The molecule has 0 unspecified atom stereocenters. The maximum absolute atomic E-state index is 12.7. The maximum Gasteiger partial charge on any atom is 0.253 e. The van der Waals surface area contributed by atoms with Crippen LogP contribution >= 0.6 is 0 Å². The highest BCUT2D eigenvalue weighted by molar-refractivity contribution is 5.94. The lowest BCUT2D eigenvalue weighted by Gasteiger charge is -2.37. The van der Waals surface area contributed by atoms with Gasteiger partial charge in [-0.15, -0.1) is 0 Å². The van der Waals surface area contributed by atoms with Crippen LogP contribution in [0.15, 0.2) is 60.7 Å². The number of benzene rings is 2. The van der Waals surface area contributed by atoms with Crippen molar-refractivity contribution >= 4 is 11.8 Å². The van der Waals surface area contributed by atoms with E-state index in [2.05, 4.69) is 29.3 Å². The molecule has 0 aliphatic carbocycles. The normalized spacial score (nSPS) is 16.8. The van der Waals surface area contributed by atoms with E-state index >= 15 is 0 Å². The van der Waals surface area contributed by atoms with Crippen molar-refractivity contribution in [3.63, 3.8) is 0 Å². The molecule has 1 N–H and O–H groups in total. The topological polar surface area (TPSA) is 52.7 Å². The van der Waals surface area contributed by atoms with Gasteiger partial charge in [0.15, 0.2) is 0 Å². The number of nitrogens with zero attached hydrogens (tertiary/aromatic N) is 2. The van der Waals surface area contributed by atoms with Gasteiger partial charge in [0.2, 0.25) is 5.91 Å². The highest BCUT2D eigenvalue weighted by atomic mass is 16.2. The molecule has 0 aromatic heterocycles.